The monoisotopic (exact) mass is 256 g/mol. The van der Waals surface area contributed by atoms with Crippen LogP contribution in [0.25, 0.3) is 0 Å². The molecule has 0 aliphatic heterocycles. The molecule has 1 fully saturated rings. The Hall–Kier alpha value is -1.44. The van der Waals surface area contributed by atoms with Crippen LogP contribution in [0.1, 0.15) is 18.0 Å². The third kappa shape index (κ3) is 2.00. The van der Waals surface area contributed by atoms with Crippen molar-refractivity contribution in [3.63, 3.8) is 0 Å². The van der Waals surface area contributed by atoms with Crippen molar-refractivity contribution >= 4 is 0 Å². The maximum absolute atomic E-state index is 11.7. The normalized spacial score (nSPS) is 31.8. The predicted octanol–water partition coefficient (Wildman–Crippen LogP) is -1.88. The summed E-state index contributed by atoms with van der Waals surface area (Å²) in [7, 11) is 0. The molecule has 0 spiro atoms. The van der Waals surface area contributed by atoms with E-state index in [2.05, 4.69) is 4.98 Å². The lowest BCUT2D eigenvalue weighted by molar-refractivity contribution is 0.0207. The van der Waals surface area contributed by atoms with Gasteiger partial charge in [-0.25, -0.2) is 4.79 Å². The van der Waals surface area contributed by atoms with Gasteiger partial charge >= 0.3 is 5.69 Å². The van der Waals surface area contributed by atoms with Crippen LogP contribution in [0.15, 0.2) is 15.8 Å². The van der Waals surface area contributed by atoms with Crippen LogP contribution in [-0.4, -0.2) is 43.7 Å². The number of aromatic amines is 1. The molecule has 1 heterocycles. The highest BCUT2D eigenvalue weighted by molar-refractivity contribution is 5.04. The van der Waals surface area contributed by atoms with Crippen molar-refractivity contribution in [2.75, 3.05) is 6.61 Å². The van der Waals surface area contributed by atoms with E-state index >= 15 is 0 Å². The van der Waals surface area contributed by atoms with Crippen LogP contribution in [0.5, 0.6) is 0 Å². The second-order valence-electron chi connectivity index (χ2n) is 4.69. The zero-order valence-corrected chi connectivity index (χ0v) is 9.91. The second-order valence-corrected chi connectivity index (χ2v) is 4.69. The lowest BCUT2D eigenvalue weighted by Crippen LogP contribution is -2.37. The number of hydrogen-bond acceptors (Lipinski definition) is 5. The Morgan fingerprint density at radius 2 is 2.11 bits per heavy atom. The van der Waals surface area contributed by atoms with Crippen molar-refractivity contribution in [2.24, 2.45) is 5.92 Å². The Labute approximate surface area is 102 Å². The summed E-state index contributed by atoms with van der Waals surface area (Å²) >= 11 is 0. The van der Waals surface area contributed by atoms with Crippen LogP contribution in [0.3, 0.4) is 0 Å². The third-order valence-electron chi connectivity index (χ3n) is 3.52. The lowest BCUT2D eigenvalue weighted by atomic mass is 10.0. The molecule has 1 saturated carbocycles. The fraction of sp³-hybridized carbons (Fsp3) is 0.636. The van der Waals surface area contributed by atoms with Gasteiger partial charge in [-0.3, -0.25) is 14.3 Å². The molecule has 4 atom stereocenters. The van der Waals surface area contributed by atoms with Gasteiger partial charge in [0.1, 0.15) is 0 Å². The molecular weight excluding hydrogens is 240 g/mol. The summed E-state index contributed by atoms with van der Waals surface area (Å²) < 4.78 is 1.21. The lowest BCUT2D eigenvalue weighted by Gasteiger charge is -2.20. The number of hydrogen-bond donors (Lipinski definition) is 4. The minimum Gasteiger partial charge on any atom is -0.396 e. The predicted molar refractivity (Wildman–Crippen MR) is 62.3 cm³/mol. The first-order valence-electron chi connectivity index (χ1n) is 5.74. The van der Waals surface area contributed by atoms with Gasteiger partial charge in [-0.05, 0) is 13.3 Å². The summed E-state index contributed by atoms with van der Waals surface area (Å²) in [4.78, 5) is 25.1. The van der Waals surface area contributed by atoms with E-state index in [9.17, 15) is 19.8 Å². The highest BCUT2D eigenvalue weighted by atomic mass is 16.3. The van der Waals surface area contributed by atoms with E-state index in [-0.39, 0.29) is 13.0 Å². The van der Waals surface area contributed by atoms with Crippen molar-refractivity contribution in [3.8, 4) is 0 Å². The van der Waals surface area contributed by atoms with E-state index in [1.54, 1.807) is 6.92 Å². The van der Waals surface area contributed by atoms with E-state index in [0.717, 1.165) is 0 Å². The van der Waals surface area contributed by atoms with Crippen LogP contribution in [0.4, 0.5) is 0 Å². The number of nitrogens with zero attached hydrogens (tertiary/aromatic N) is 1. The molecule has 4 N–H and O–H groups in total. The van der Waals surface area contributed by atoms with Crippen LogP contribution < -0.4 is 11.2 Å². The van der Waals surface area contributed by atoms with Crippen molar-refractivity contribution < 1.29 is 15.3 Å². The van der Waals surface area contributed by atoms with Gasteiger partial charge in [0.25, 0.3) is 5.56 Å². The van der Waals surface area contributed by atoms with Crippen molar-refractivity contribution in [1.82, 2.24) is 9.55 Å². The Balaban J connectivity index is 2.42. The molecule has 1 aromatic rings. The van der Waals surface area contributed by atoms with Gasteiger partial charge in [-0.1, -0.05) is 0 Å². The number of rotatable bonds is 2. The topological polar surface area (TPSA) is 116 Å². The molecule has 0 aromatic carbocycles. The first-order chi connectivity index (χ1) is 8.45. The SMILES string of the molecule is Cc1cn([C@H]2C[C@H](O)[C@@H](CO)[C@@H]2O)c(=O)[nH]c1=O. The average molecular weight is 256 g/mol. The minimum absolute atomic E-state index is 0.164. The van der Waals surface area contributed by atoms with Crippen molar-refractivity contribution in [1.29, 1.82) is 0 Å². The summed E-state index contributed by atoms with van der Waals surface area (Å²) in [5.74, 6) is -0.672. The van der Waals surface area contributed by atoms with E-state index in [1.165, 1.54) is 10.8 Å². The molecule has 1 aliphatic carbocycles. The molecular formula is C11H16N2O5. The maximum Gasteiger partial charge on any atom is 0.328 e. The average Bonchev–Trinajstić information content (AvgIpc) is 2.59. The van der Waals surface area contributed by atoms with E-state index in [4.69, 9.17) is 5.11 Å². The zero-order valence-electron chi connectivity index (χ0n) is 9.91. The molecule has 0 saturated heterocycles. The summed E-state index contributed by atoms with van der Waals surface area (Å²) in [6.07, 6.45) is -0.360. The molecule has 1 aliphatic rings. The highest BCUT2D eigenvalue weighted by Gasteiger charge is 2.42. The Kier molecular flexibility index (Phi) is 3.38. The van der Waals surface area contributed by atoms with Gasteiger partial charge < -0.3 is 15.3 Å². The molecule has 100 valence electrons. The Bertz CT molecular complexity index is 549. The van der Waals surface area contributed by atoms with Gasteiger partial charge in [0.2, 0.25) is 0 Å². The Morgan fingerprint density at radius 1 is 1.44 bits per heavy atom. The largest absolute Gasteiger partial charge is 0.396 e. The van der Waals surface area contributed by atoms with Crippen LogP contribution in [0, 0.1) is 12.8 Å². The van der Waals surface area contributed by atoms with E-state index in [0.29, 0.717) is 5.56 Å². The summed E-state index contributed by atoms with van der Waals surface area (Å²) in [6.45, 7) is 1.20. The number of aryl methyl sites for hydroxylation is 1. The van der Waals surface area contributed by atoms with Gasteiger partial charge in [-0.2, -0.15) is 0 Å². The zero-order chi connectivity index (χ0) is 13.4. The molecule has 1 aromatic heterocycles. The molecule has 2 rings (SSSR count). The van der Waals surface area contributed by atoms with Crippen molar-refractivity contribution in [3.05, 3.63) is 32.6 Å². The summed E-state index contributed by atoms with van der Waals surface area (Å²) in [6, 6.07) is -0.639. The number of H-pyrrole nitrogens is 1. The molecule has 0 bridgehead atoms. The smallest absolute Gasteiger partial charge is 0.328 e. The molecule has 18 heavy (non-hydrogen) atoms. The first-order valence-corrected chi connectivity index (χ1v) is 5.74. The molecule has 0 amide bonds. The summed E-state index contributed by atoms with van der Waals surface area (Å²) in [5, 5.41) is 28.8. The molecule has 7 nitrogen and oxygen atoms in total. The minimum atomic E-state index is -1.02. The first kappa shape index (κ1) is 13.0. The fourth-order valence-electron chi connectivity index (χ4n) is 2.41. The standard InChI is InChI=1S/C11H16N2O5/c1-5-3-13(11(18)12-10(5)17)7-2-8(15)6(4-14)9(7)16/h3,6-9,14-16H,2,4H2,1H3,(H,12,17,18)/t6-,7+,8+,9+/m1/s1. The number of aliphatic hydroxyl groups is 3. The second kappa shape index (κ2) is 4.68. The molecule has 0 unspecified atom stereocenters. The number of nitrogens with one attached hydrogen (secondary N) is 1. The fourth-order valence-corrected chi connectivity index (χ4v) is 2.41. The highest BCUT2D eigenvalue weighted by Crippen LogP contribution is 2.34. The third-order valence-corrected chi connectivity index (χ3v) is 3.52. The van der Waals surface area contributed by atoms with Crippen molar-refractivity contribution in [2.45, 2.75) is 31.6 Å². The summed E-state index contributed by atoms with van der Waals surface area (Å²) in [5.41, 5.74) is -0.743. The quantitative estimate of drug-likeness (QED) is 0.494. The van der Waals surface area contributed by atoms with Gasteiger partial charge in [0, 0.05) is 17.7 Å². The molecule has 0 radical (unpaired) electrons. The maximum atomic E-state index is 11.7. The van der Waals surface area contributed by atoms with Crippen LogP contribution >= 0.6 is 0 Å². The van der Waals surface area contributed by atoms with E-state index < -0.39 is 35.4 Å². The van der Waals surface area contributed by atoms with Gasteiger partial charge in [0.15, 0.2) is 0 Å². The molecule has 7 heteroatoms. The Morgan fingerprint density at radius 3 is 2.67 bits per heavy atom. The van der Waals surface area contributed by atoms with E-state index in [1.807, 2.05) is 0 Å². The number of aromatic nitrogens is 2. The van der Waals surface area contributed by atoms with Crippen LogP contribution in [0.2, 0.25) is 0 Å². The van der Waals surface area contributed by atoms with Crippen LogP contribution in [-0.2, 0) is 0 Å². The van der Waals surface area contributed by atoms with Gasteiger partial charge in [-0.15, -0.1) is 0 Å². The number of aliphatic hydroxyl groups excluding tert-OH is 3. The van der Waals surface area contributed by atoms with Gasteiger partial charge in [0.05, 0.1) is 24.9 Å².